The van der Waals surface area contributed by atoms with E-state index in [1.165, 1.54) is 0 Å². The molecule has 0 saturated carbocycles. The number of ether oxygens (including phenoxy) is 2. The van der Waals surface area contributed by atoms with Gasteiger partial charge in [-0.1, -0.05) is 0 Å². The number of aliphatic imine (C=N–C) groups is 1. The van der Waals surface area contributed by atoms with E-state index in [0.717, 1.165) is 14.5 Å². The van der Waals surface area contributed by atoms with E-state index in [1.807, 2.05) is 12.1 Å². The molecule has 1 fully saturated rings. The van der Waals surface area contributed by atoms with Gasteiger partial charge in [-0.15, -0.1) is 11.6 Å². The third-order valence-electron chi connectivity index (χ3n) is 3.30. The fourth-order valence-corrected chi connectivity index (χ4v) is 3.92. The second-order valence-electron chi connectivity index (χ2n) is 5.15. The van der Waals surface area contributed by atoms with Crippen molar-refractivity contribution in [3.8, 4) is 5.75 Å². The lowest BCUT2D eigenvalue weighted by atomic mass is 10.2. The van der Waals surface area contributed by atoms with Crippen molar-refractivity contribution in [1.29, 1.82) is 0 Å². The second-order valence-corrected chi connectivity index (χ2v) is 7.42. The third-order valence-corrected chi connectivity index (χ3v) is 4.93. The van der Waals surface area contributed by atoms with Gasteiger partial charge in [-0.3, -0.25) is 9.79 Å². The minimum Gasteiger partial charge on any atom is -0.494 e. The van der Waals surface area contributed by atoms with E-state index in [1.54, 1.807) is 13.2 Å². The summed E-state index contributed by atoms with van der Waals surface area (Å²) < 4.78 is 12.4. The number of carbonyl (C=O) groups excluding carboxylic acids is 1. The zero-order valence-electron chi connectivity index (χ0n) is 13.3. The van der Waals surface area contributed by atoms with E-state index in [9.17, 15) is 4.79 Å². The highest BCUT2D eigenvalue weighted by molar-refractivity contribution is 9.11. The van der Waals surface area contributed by atoms with Gasteiger partial charge < -0.3 is 26.3 Å². The number of alkyl halides is 1. The molecule has 0 aliphatic carbocycles. The molecule has 1 aliphatic rings. The summed E-state index contributed by atoms with van der Waals surface area (Å²) in [5, 5.41) is 2.23. The first-order valence-corrected chi connectivity index (χ1v) is 9.25. The van der Waals surface area contributed by atoms with Crippen LogP contribution in [0.3, 0.4) is 0 Å². The number of hydrogen-bond donors (Lipinski definition) is 3. The van der Waals surface area contributed by atoms with Crippen LogP contribution >= 0.6 is 43.5 Å². The molecule has 1 aliphatic heterocycles. The lowest BCUT2D eigenvalue weighted by Gasteiger charge is -2.15. The smallest absolute Gasteiger partial charge is 0.289 e. The first-order valence-electron chi connectivity index (χ1n) is 7.23. The number of nitrogens with zero attached hydrogens (tertiary/aromatic N) is 1. The molecule has 7 nitrogen and oxygen atoms in total. The second kappa shape index (κ2) is 8.77. The summed E-state index contributed by atoms with van der Waals surface area (Å²) in [6.45, 7) is 0.351. The Hall–Kier alpha value is -1.45. The van der Waals surface area contributed by atoms with Crippen LogP contribution in [-0.4, -0.2) is 37.1 Å². The van der Waals surface area contributed by atoms with Crippen molar-refractivity contribution in [1.82, 2.24) is 5.32 Å². The van der Waals surface area contributed by atoms with Gasteiger partial charge in [-0.2, -0.15) is 0 Å². The first kappa shape index (κ1) is 19.9. The number of amides is 1. The summed E-state index contributed by atoms with van der Waals surface area (Å²) in [5.41, 5.74) is 11.3. The van der Waals surface area contributed by atoms with E-state index in [2.05, 4.69) is 42.2 Å². The molecule has 136 valence electrons. The number of rotatable bonds is 6. The molecule has 1 aromatic carbocycles. The van der Waals surface area contributed by atoms with Crippen molar-refractivity contribution < 1.29 is 14.3 Å². The number of hydrogen-bond acceptors (Lipinski definition) is 4. The van der Waals surface area contributed by atoms with Crippen LogP contribution in [-0.2, 0) is 9.53 Å². The van der Waals surface area contributed by atoms with Crippen molar-refractivity contribution in [2.45, 2.75) is 18.0 Å². The number of nitrogens with one attached hydrogen (secondary N) is 1. The predicted molar refractivity (Wildman–Crippen MR) is 104 cm³/mol. The van der Waals surface area contributed by atoms with Crippen LogP contribution in [0.5, 0.6) is 5.75 Å². The molecule has 1 aromatic rings. The maximum atomic E-state index is 12.1. The highest BCUT2D eigenvalue weighted by Crippen LogP contribution is 2.35. The summed E-state index contributed by atoms with van der Waals surface area (Å²) in [6.07, 6.45) is 1.45. The lowest BCUT2D eigenvalue weighted by Crippen LogP contribution is -2.35. The summed E-state index contributed by atoms with van der Waals surface area (Å²) in [7, 11) is 1.57. The number of guanidine groups is 1. The zero-order valence-corrected chi connectivity index (χ0v) is 17.2. The molecule has 0 unspecified atom stereocenters. The number of methoxy groups -OCH3 is 1. The maximum absolute atomic E-state index is 12.1. The average Bonchev–Trinajstić information content (AvgIpc) is 2.87. The molecule has 10 heteroatoms. The van der Waals surface area contributed by atoms with Gasteiger partial charge in [0.05, 0.1) is 21.4 Å². The van der Waals surface area contributed by atoms with E-state index in [-0.39, 0.29) is 17.6 Å². The molecule has 1 saturated heterocycles. The Morgan fingerprint density at radius 2 is 2.12 bits per heavy atom. The minimum atomic E-state index is -0.639. The predicted octanol–water partition coefficient (Wildman–Crippen LogP) is 2.30. The van der Waals surface area contributed by atoms with E-state index in [0.29, 0.717) is 18.7 Å². The summed E-state index contributed by atoms with van der Waals surface area (Å²) in [5.74, 6) is 0.510. The lowest BCUT2D eigenvalue weighted by molar-refractivity contribution is -0.116. The Morgan fingerprint density at radius 3 is 2.68 bits per heavy atom. The SMILES string of the molecule is COc1c(Br)cc(/C=C2\O[C@H]([C@@H](Cl)CCN=C(N)N)NC2=O)cc1Br. The van der Waals surface area contributed by atoms with Gasteiger partial charge in [0.25, 0.3) is 5.91 Å². The third kappa shape index (κ3) is 5.26. The van der Waals surface area contributed by atoms with Crippen LogP contribution < -0.4 is 21.5 Å². The Labute approximate surface area is 167 Å². The average molecular weight is 497 g/mol. The van der Waals surface area contributed by atoms with Gasteiger partial charge in [-0.25, -0.2) is 0 Å². The fraction of sp³-hybridized carbons (Fsp3) is 0.333. The molecular formula is C15H17Br2ClN4O3. The molecule has 0 aromatic heterocycles. The minimum absolute atomic E-state index is 0.00325. The summed E-state index contributed by atoms with van der Waals surface area (Å²) in [6, 6.07) is 3.63. The Morgan fingerprint density at radius 1 is 1.48 bits per heavy atom. The van der Waals surface area contributed by atoms with E-state index < -0.39 is 11.6 Å². The standard InChI is InChI=1S/C15H17Br2ClN4O3/c1-24-12-8(16)4-7(5-9(12)17)6-11-13(23)22-14(25-11)10(18)2-3-21-15(19)20/h4-6,10,14H,2-3H2,1H3,(H,22,23)(H4,19,20,21)/b11-6-/t10-,14+/m0/s1. The maximum Gasteiger partial charge on any atom is 0.289 e. The molecule has 0 spiro atoms. The normalized spacial score (nSPS) is 19.3. The Balaban J connectivity index is 2.09. The molecule has 25 heavy (non-hydrogen) atoms. The Bertz CT molecular complexity index is 700. The van der Waals surface area contributed by atoms with Gasteiger partial charge in [0.2, 0.25) is 0 Å². The summed E-state index contributed by atoms with van der Waals surface area (Å²) >= 11 is 13.1. The largest absolute Gasteiger partial charge is 0.494 e. The molecule has 2 atom stereocenters. The van der Waals surface area contributed by atoms with Gasteiger partial charge in [0.1, 0.15) is 5.75 Å². The van der Waals surface area contributed by atoms with Gasteiger partial charge in [0.15, 0.2) is 17.9 Å². The quantitative estimate of drug-likeness (QED) is 0.242. The molecule has 0 radical (unpaired) electrons. The zero-order chi connectivity index (χ0) is 18.6. The van der Waals surface area contributed by atoms with Crippen LogP contribution in [0.15, 0.2) is 31.8 Å². The number of benzene rings is 1. The van der Waals surface area contributed by atoms with Crippen molar-refractivity contribution in [2.75, 3.05) is 13.7 Å². The molecule has 1 heterocycles. The number of nitrogens with two attached hydrogens (primary N) is 2. The van der Waals surface area contributed by atoms with Crippen molar-refractivity contribution >= 4 is 61.4 Å². The molecule has 0 bridgehead atoms. The van der Waals surface area contributed by atoms with Crippen molar-refractivity contribution in [3.05, 3.63) is 32.4 Å². The topological polar surface area (TPSA) is 112 Å². The van der Waals surface area contributed by atoms with Gasteiger partial charge in [-0.05, 0) is 62.1 Å². The van der Waals surface area contributed by atoms with E-state index >= 15 is 0 Å². The highest BCUT2D eigenvalue weighted by Gasteiger charge is 2.33. The molecule has 1 amide bonds. The molecular weight excluding hydrogens is 479 g/mol. The van der Waals surface area contributed by atoms with E-state index in [4.69, 9.17) is 32.5 Å². The molecule has 2 rings (SSSR count). The van der Waals surface area contributed by atoms with Crippen molar-refractivity contribution in [2.24, 2.45) is 16.5 Å². The van der Waals surface area contributed by atoms with Crippen LogP contribution in [0.4, 0.5) is 0 Å². The highest BCUT2D eigenvalue weighted by atomic mass is 79.9. The number of halogens is 3. The van der Waals surface area contributed by atoms with Crippen LogP contribution in [0.25, 0.3) is 6.08 Å². The first-order chi connectivity index (χ1) is 11.8. The number of carbonyl (C=O) groups is 1. The summed E-state index contributed by atoms with van der Waals surface area (Å²) in [4.78, 5) is 15.9. The van der Waals surface area contributed by atoms with Gasteiger partial charge >= 0.3 is 0 Å². The monoisotopic (exact) mass is 494 g/mol. The van der Waals surface area contributed by atoms with Crippen LogP contribution in [0, 0.1) is 0 Å². The van der Waals surface area contributed by atoms with Crippen molar-refractivity contribution in [3.63, 3.8) is 0 Å². The molecule has 5 N–H and O–H groups in total. The van der Waals surface area contributed by atoms with Crippen LogP contribution in [0.1, 0.15) is 12.0 Å². The van der Waals surface area contributed by atoms with Crippen LogP contribution in [0.2, 0.25) is 0 Å². The van der Waals surface area contributed by atoms with Gasteiger partial charge in [0, 0.05) is 6.54 Å². The Kier molecular flexibility index (Phi) is 6.97. The fourth-order valence-electron chi connectivity index (χ4n) is 2.16.